The van der Waals surface area contributed by atoms with Gasteiger partial charge in [-0.05, 0) is 43.7 Å². The molecule has 5 rings (SSSR count). The van der Waals surface area contributed by atoms with Crippen LogP contribution in [0.5, 0.6) is 0 Å². The number of hydrogen-bond donors (Lipinski definition) is 3. The predicted octanol–water partition coefficient (Wildman–Crippen LogP) is 4.34. The van der Waals surface area contributed by atoms with Gasteiger partial charge in [0.1, 0.15) is 17.8 Å². The molecule has 11 heteroatoms. The lowest BCUT2D eigenvalue weighted by molar-refractivity contribution is -0.124. The normalized spacial score (nSPS) is 18.0. The number of aromatic nitrogens is 2. The van der Waals surface area contributed by atoms with Crippen LogP contribution in [0.3, 0.4) is 0 Å². The molecule has 1 aliphatic heterocycles. The average Bonchev–Trinajstić information content (AvgIpc) is 3.65. The summed E-state index contributed by atoms with van der Waals surface area (Å²) in [7, 11) is 1.95. The molecule has 3 amide bonds. The minimum absolute atomic E-state index is 0.108. The van der Waals surface area contributed by atoms with Crippen molar-refractivity contribution in [2.45, 2.75) is 77.0 Å². The van der Waals surface area contributed by atoms with E-state index in [1.165, 1.54) is 6.92 Å². The molecule has 2 aliphatic rings. The number of ether oxygens (including phenoxy) is 1. The van der Waals surface area contributed by atoms with Crippen LogP contribution in [0.25, 0.3) is 10.9 Å². The van der Waals surface area contributed by atoms with Crippen molar-refractivity contribution in [2.75, 3.05) is 19.7 Å². The minimum atomic E-state index is -1.20. The van der Waals surface area contributed by atoms with Crippen molar-refractivity contribution in [1.82, 2.24) is 25.1 Å². The Morgan fingerprint density at radius 2 is 1.88 bits per heavy atom. The molecule has 3 N–H and O–H groups in total. The molecule has 1 spiro atoms. The largest absolute Gasteiger partial charge is 0.476 e. The molecule has 0 bridgehead atoms. The number of fused-ring (bicyclic) bond motifs is 1. The second-order valence-corrected chi connectivity index (χ2v) is 12.1. The first kappa shape index (κ1) is 29.6. The second-order valence-electron chi connectivity index (χ2n) is 12.1. The number of para-hydroxylation sites is 1. The summed E-state index contributed by atoms with van der Waals surface area (Å²) in [5, 5.41) is 16.6. The van der Waals surface area contributed by atoms with Crippen LogP contribution in [0, 0.1) is 12.8 Å². The topological polar surface area (TPSA) is 139 Å². The highest BCUT2D eigenvalue weighted by Gasteiger charge is 2.41. The fraction of sp³-hybridized carbons (Fsp3) is 0.548. The monoisotopic (exact) mass is 579 g/mol. The number of oxazole rings is 1. The highest BCUT2D eigenvalue weighted by atomic mass is 16.5. The van der Waals surface area contributed by atoms with E-state index in [4.69, 9.17) is 9.15 Å². The summed E-state index contributed by atoms with van der Waals surface area (Å²) in [5.74, 6) is -1.18. The number of urea groups is 1. The highest BCUT2D eigenvalue weighted by molar-refractivity contribution is 5.88. The molecule has 0 radical (unpaired) electrons. The molecule has 1 aliphatic carbocycles. The summed E-state index contributed by atoms with van der Waals surface area (Å²) in [6.07, 6.45) is 6.81. The predicted molar refractivity (Wildman–Crippen MR) is 156 cm³/mol. The Labute approximate surface area is 245 Å². The van der Waals surface area contributed by atoms with Crippen LogP contribution in [0.15, 0.2) is 34.9 Å². The number of carbonyl (C=O) groups is 3. The lowest BCUT2D eigenvalue weighted by atomic mass is 9.99. The van der Waals surface area contributed by atoms with Gasteiger partial charge in [-0.1, -0.05) is 44.9 Å². The van der Waals surface area contributed by atoms with Crippen molar-refractivity contribution in [3.63, 3.8) is 0 Å². The third-order valence-electron chi connectivity index (χ3n) is 8.41. The first-order valence-corrected chi connectivity index (χ1v) is 14.8. The summed E-state index contributed by atoms with van der Waals surface area (Å²) < 4.78 is 13.9. The van der Waals surface area contributed by atoms with Crippen molar-refractivity contribution in [2.24, 2.45) is 13.0 Å². The van der Waals surface area contributed by atoms with Gasteiger partial charge in [-0.3, -0.25) is 4.79 Å². The van der Waals surface area contributed by atoms with Gasteiger partial charge in [-0.15, -0.1) is 0 Å². The van der Waals surface area contributed by atoms with E-state index in [1.54, 1.807) is 4.90 Å². The Balaban J connectivity index is 1.39. The number of nitrogens with zero attached hydrogens (tertiary/aromatic N) is 3. The number of benzene rings is 1. The van der Waals surface area contributed by atoms with Gasteiger partial charge in [-0.25, -0.2) is 14.6 Å². The Bertz CT molecular complexity index is 1450. The molecule has 2 fully saturated rings. The van der Waals surface area contributed by atoms with Crippen molar-refractivity contribution in [3.8, 4) is 0 Å². The number of hydrogen-bond acceptors (Lipinski definition) is 6. The van der Waals surface area contributed by atoms with Crippen molar-refractivity contribution >= 4 is 28.8 Å². The highest BCUT2D eigenvalue weighted by Crippen LogP contribution is 2.36. The van der Waals surface area contributed by atoms with Gasteiger partial charge in [-0.2, -0.15) is 0 Å². The number of morpholine rings is 1. The van der Waals surface area contributed by atoms with Crippen molar-refractivity contribution in [3.05, 3.63) is 53.4 Å². The molecule has 3 heterocycles. The quantitative estimate of drug-likeness (QED) is 0.343. The molecule has 42 heavy (non-hydrogen) atoms. The van der Waals surface area contributed by atoms with Crippen LogP contribution < -0.4 is 10.6 Å². The number of aryl methyl sites for hydroxylation is 2. The van der Waals surface area contributed by atoms with E-state index in [0.29, 0.717) is 32.5 Å². The SMILES string of the molecule is Cc1oc([C@@H](Cc2cn(C)c3ccccc23)NC(=O)[C@H](CC(C)C)NC(=O)N2CCOC3(CCCC3)C2)nc1C(=O)O. The van der Waals surface area contributed by atoms with Gasteiger partial charge < -0.3 is 34.4 Å². The standard InChI is InChI=1S/C31H41N5O6/c1-19(2)15-23(33-30(40)36-13-14-41-31(18-36)11-7-8-12-31)27(37)32-24(28-34-26(29(38)39)20(3)42-28)16-21-17-35(4)25-10-6-5-9-22(21)25/h5-6,9-10,17,19,23-24H,7-8,11-16,18H2,1-4H3,(H,32,37)(H,33,40)(H,38,39)/t23-,24+/m0/s1. The van der Waals surface area contributed by atoms with E-state index in [0.717, 1.165) is 42.1 Å². The minimum Gasteiger partial charge on any atom is -0.476 e. The zero-order valence-electron chi connectivity index (χ0n) is 24.8. The lowest BCUT2D eigenvalue weighted by Gasteiger charge is -2.40. The smallest absolute Gasteiger partial charge is 0.358 e. The molecule has 2 atom stereocenters. The molecular weight excluding hydrogens is 538 g/mol. The number of carbonyl (C=O) groups excluding carboxylic acids is 2. The Morgan fingerprint density at radius 3 is 2.57 bits per heavy atom. The maximum atomic E-state index is 13.9. The van der Waals surface area contributed by atoms with Crippen LogP contribution >= 0.6 is 0 Å². The maximum absolute atomic E-state index is 13.9. The summed E-state index contributed by atoms with van der Waals surface area (Å²) in [6, 6.07) is 6.10. The zero-order valence-corrected chi connectivity index (χ0v) is 24.8. The van der Waals surface area contributed by atoms with Gasteiger partial charge >= 0.3 is 12.0 Å². The number of amides is 3. The molecule has 226 valence electrons. The number of carboxylic acids is 1. The third kappa shape index (κ3) is 6.30. The lowest BCUT2D eigenvalue weighted by Crippen LogP contribution is -2.58. The Kier molecular flexibility index (Phi) is 8.58. The maximum Gasteiger partial charge on any atom is 0.358 e. The fourth-order valence-electron chi connectivity index (χ4n) is 6.33. The van der Waals surface area contributed by atoms with E-state index in [1.807, 2.05) is 55.9 Å². The first-order chi connectivity index (χ1) is 20.0. The van der Waals surface area contributed by atoms with Crippen LogP contribution in [0.4, 0.5) is 4.79 Å². The number of carboxylic acid groups (broad SMARTS) is 1. The van der Waals surface area contributed by atoms with E-state index >= 15 is 0 Å². The van der Waals surface area contributed by atoms with Gasteiger partial charge in [0.2, 0.25) is 11.8 Å². The number of rotatable bonds is 9. The Morgan fingerprint density at radius 1 is 1.14 bits per heavy atom. The van der Waals surface area contributed by atoms with E-state index < -0.39 is 18.1 Å². The Hall–Kier alpha value is -3.86. The van der Waals surface area contributed by atoms with Gasteiger partial charge in [0.15, 0.2) is 5.69 Å². The van der Waals surface area contributed by atoms with Crippen molar-refractivity contribution < 1.29 is 28.6 Å². The molecule has 1 aromatic carbocycles. The number of aromatic carboxylic acids is 1. The zero-order chi connectivity index (χ0) is 30.0. The van der Waals surface area contributed by atoms with Gasteiger partial charge in [0, 0.05) is 37.1 Å². The molecule has 1 saturated heterocycles. The average molecular weight is 580 g/mol. The van der Waals surface area contributed by atoms with Gasteiger partial charge in [0.25, 0.3) is 0 Å². The summed E-state index contributed by atoms with van der Waals surface area (Å²) in [4.78, 5) is 45.0. The summed E-state index contributed by atoms with van der Waals surface area (Å²) in [6.45, 7) is 7.01. The van der Waals surface area contributed by atoms with Crippen LogP contribution in [0.2, 0.25) is 0 Å². The summed E-state index contributed by atoms with van der Waals surface area (Å²) in [5.41, 5.74) is 1.51. The molecule has 1 saturated carbocycles. The fourth-order valence-corrected chi connectivity index (χ4v) is 6.33. The third-order valence-corrected chi connectivity index (χ3v) is 8.41. The molecule has 11 nitrogen and oxygen atoms in total. The first-order valence-electron chi connectivity index (χ1n) is 14.8. The molecule has 3 aromatic rings. The van der Waals surface area contributed by atoms with Crippen LogP contribution in [-0.4, -0.2) is 68.8 Å². The molecule has 0 unspecified atom stereocenters. The van der Waals surface area contributed by atoms with Gasteiger partial charge in [0.05, 0.1) is 18.8 Å². The summed E-state index contributed by atoms with van der Waals surface area (Å²) >= 11 is 0. The molecule has 2 aromatic heterocycles. The number of nitrogens with one attached hydrogen (secondary N) is 2. The van der Waals surface area contributed by atoms with Crippen molar-refractivity contribution in [1.29, 1.82) is 0 Å². The van der Waals surface area contributed by atoms with E-state index in [9.17, 15) is 19.5 Å². The molecular formula is C31H41N5O6. The van der Waals surface area contributed by atoms with E-state index in [2.05, 4.69) is 15.6 Å². The van der Waals surface area contributed by atoms with Crippen LogP contribution in [-0.2, 0) is 23.0 Å². The van der Waals surface area contributed by atoms with E-state index in [-0.39, 0.29) is 40.8 Å². The van der Waals surface area contributed by atoms with Crippen LogP contribution in [0.1, 0.15) is 79.7 Å². The second kappa shape index (κ2) is 12.2.